The zero-order chi connectivity index (χ0) is 25.2. The first-order valence-corrected chi connectivity index (χ1v) is 14.0. The molecule has 5 saturated carbocycles. The van der Waals surface area contributed by atoms with Crippen molar-refractivity contribution < 1.29 is 24.9 Å². The summed E-state index contributed by atoms with van der Waals surface area (Å²) in [7, 11) is 0. The van der Waals surface area contributed by atoms with Crippen LogP contribution in [0.2, 0.25) is 0 Å². The molecular weight excluding hydrogens is 648 g/mol. The van der Waals surface area contributed by atoms with E-state index in [0.29, 0.717) is 12.3 Å². The number of carbonyl (C=O) groups excluding carboxylic acids is 2. The molecule has 0 amide bonds. The molecule has 6 aliphatic rings. The fourth-order valence-electron chi connectivity index (χ4n) is 9.63. The molecule has 0 aromatic carbocycles. The fraction of sp³-hybridized carbons (Fsp3) is 0.800. The topological polar surface area (TPSA) is 94.8 Å². The van der Waals surface area contributed by atoms with Gasteiger partial charge >= 0.3 is 27.3 Å². The summed E-state index contributed by atoms with van der Waals surface area (Å²) in [6.07, 6.45) is 15.2. The van der Waals surface area contributed by atoms with E-state index >= 15 is 0 Å². The van der Waals surface area contributed by atoms with Gasteiger partial charge in [0.05, 0.1) is 6.10 Å². The number of allylic oxidation sites excluding steroid dienone is 4. The quantitative estimate of drug-likeness (QED) is 0.305. The van der Waals surface area contributed by atoms with Gasteiger partial charge in [0.25, 0.3) is 0 Å². The molecule has 200 valence electrons. The van der Waals surface area contributed by atoms with Crippen molar-refractivity contribution in [3.8, 4) is 0 Å². The number of hydrogen-bond donors (Lipinski definition) is 3. The van der Waals surface area contributed by atoms with Crippen molar-refractivity contribution in [2.45, 2.75) is 96.7 Å². The Kier molecular flexibility index (Phi) is 8.20. The zero-order valence-electron chi connectivity index (χ0n) is 22.4. The predicted octanol–water partition coefficient (Wildman–Crippen LogP) is 3.47. The number of aliphatic hydroxyl groups excluding tert-OH is 2. The molecule has 6 aliphatic carbocycles. The molecule has 36 heavy (non-hydrogen) atoms. The molecule has 0 spiro atoms. The van der Waals surface area contributed by atoms with Crippen LogP contribution in [0.4, 0.5) is 0 Å². The standard InChI is InChI=1S/C21H32O5.C9H12.Pb.2H/c1-19-7-5-13(23)9-12(19)3-4-14-15-6-8-21(26,17(25)11-22)20(15,2)10-16(24)18(14)19;1-2-8-5-7-3-4-9(8)6-7;;;/h12-15,18,22-23,26H,3-11H2,1-2H3;2-4,7,9H,5-6H2,1H3;;;/b;8-2-;;;/t12-,13-,14+,15+,18-,19+,20+,21+;;;;/m1..../s1. The minimum atomic E-state index is -1.58. The number of Topliss-reactive ketones (excluding diaryl/α,β-unsaturated/α-hetero) is 2. The van der Waals surface area contributed by atoms with Crippen molar-refractivity contribution in [2.75, 3.05) is 6.61 Å². The summed E-state index contributed by atoms with van der Waals surface area (Å²) in [6.45, 7) is 5.62. The van der Waals surface area contributed by atoms with Crippen LogP contribution >= 0.6 is 0 Å². The Morgan fingerprint density at radius 1 is 1.11 bits per heavy atom. The van der Waals surface area contributed by atoms with Gasteiger partial charge in [-0.3, -0.25) is 9.59 Å². The summed E-state index contributed by atoms with van der Waals surface area (Å²) < 4.78 is 0. The molecule has 0 saturated heterocycles. The van der Waals surface area contributed by atoms with E-state index in [4.69, 9.17) is 0 Å². The molecule has 6 rings (SSSR count). The van der Waals surface area contributed by atoms with Crippen molar-refractivity contribution >= 4 is 38.9 Å². The summed E-state index contributed by atoms with van der Waals surface area (Å²) in [5.41, 5.74) is -0.736. The van der Waals surface area contributed by atoms with Crippen LogP contribution < -0.4 is 0 Å². The van der Waals surface area contributed by atoms with Gasteiger partial charge in [-0.2, -0.15) is 0 Å². The second-order valence-electron chi connectivity index (χ2n) is 13.1. The van der Waals surface area contributed by atoms with Crippen LogP contribution in [0.5, 0.6) is 0 Å². The number of hydrogen-bond acceptors (Lipinski definition) is 5. The third-order valence-electron chi connectivity index (χ3n) is 11.6. The van der Waals surface area contributed by atoms with Crippen LogP contribution in [0.3, 0.4) is 0 Å². The van der Waals surface area contributed by atoms with E-state index in [1.807, 2.05) is 6.92 Å². The zero-order valence-corrected chi connectivity index (χ0v) is 27.9. The minimum absolute atomic E-state index is 0. The summed E-state index contributed by atoms with van der Waals surface area (Å²) in [4.78, 5) is 25.7. The molecule has 0 aromatic heterocycles. The Bertz CT molecular complexity index is 944. The van der Waals surface area contributed by atoms with E-state index in [0.717, 1.165) is 50.4 Å². The normalized spacial score (nSPS) is 49.4. The number of carbonyl (C=O) groups is 2. The van der Waals surface area contributed by atoms with Gasteiger partial charge in [-0.1, -0.05) is 37.6 Å². The van der Waals surface area contributed by atoms with Gasteiger partial charge in [0.1, 0.15) is 18.0 Å². The van der Waals surface area contributed by atoms with Crippen molar-refractivity contribution in [3.63, 3.8) is 0 Å². The molecule has 5 fully saturated rings. The van der Waals surface area contributed by atoms with Gasteiger partial charge < -0.3 is 15.3 Å². The molecule has 0 heterocycles. The van der Waals surface area contributed by atoms with Crippen molar-refractivity contribution in [1.29, 1.82) is 0 Å². The fourth-order valence-corrected chi connectivity index (χ4v) is 9.63. The van der Waals surface area contributed by atoms with E-state index < -0.39 is 23.4 Å². The molecule has 0 aliphatic heterocycles. The van der Waals surface area contributed by atoms with Crippen molar-refractivity contribution in [3.05, 3.63) is 23.8 Å². The second-order valence-corrected chi connectivity index (χ2v) is 13.1. The average Bonchev–Trinajstić information content (AvgIpc) is 3.53. The van der Waals surface area contributed by atoms with E-state index in [1.165, 1.54) is 12.8 Å². The van der Waals surface area contributed by atoms with Crippen molar-refractivity contribution in [2.24, 2.45) is 46.3 Å². The molecular formula is C30H46O5Pb. The van der Waals surface area contributed by atoms with E-state index in [2.05, 4.69) is 32.1 Å². The summed E-state index contributed by atoms with van der Waals surface area (Å²) in [5, 5.41) is 30.6. The third-order valence-corrected chi connectivity index (χ3v) is 11.6. The average molecular weight is 694 g/mol. The van der Waals surface area contributed by atoms with Gasteiger partial charge in [-0.25, -0.2) is 0 Å². The molecule has 10 atom stereocenters. The van der Waals surface area contributed by atoms with Crippen LogP contribution in [-0.2, 0) is 9.59 Å². The third kappa shape index (κ3) is 4.26. The number of aliphatic hydroxyl groups is 3. The van der Waals surface area contributed by atoms with Gasteiger partial charge in [-0.05, 0) is 99.7 Å². The monoisotopic (exact) mass is 694 g/mol. The molecule has 2 bridgehead atoms. The Balaban J connectivity index is 0.000000255. The van der Waals surface area contributed by atoms with Crippen molar-refractivity contribution in [1.82, 2.24) is 0 Å². The first-order valence-electron chi connectivity index (χ1n) is 14.0. The van der Waals surface area contributed by atoms with Gasteiger partial charge in [0.15, 0.2) is 5.78 Å². The molecule has 2 unspecified atom stereocenters. The Labute approximate surface area is 236 Å². The molecule has 0 aromatic rings. The molecule has 2 radical (unpaired) electrons. The Hall–Kier alpha value is -0.378. The Morgan fingerprint density at radius 3 is 2.44 bits per heavy atom. The second kappa shape index (κ2) is 10.3. The van der Waals surface area contributed by atoms with Gasteiger partial charge in [-0.15, -0.1) is 0 Å². The van der Waals surface area contributed by atoms with Crippen LogP contribution in [-0.4, -0.2) is 72.5 Å². The molecule has 5 nitrogen and oxygen atoms in total. The summed E-state index contributed by atoms with van der Waals surface area (Å²) in [5.74, 6) is 2.12. The Morgan fingerprint density at radius 2 is 1.86 bits per heavy atom. The number of fused-ring (bicyclic) bond motifs is 7. The van der Waals surface area contributed by atoms with Crippen LogP contribution in [0.15, 0.2) is 23.8 Å². The summed E-state index contributed by atoms with van der Waals surface area (Å²) >= 11 is 0. The maximum absolute atomic E-state index is 13.4. The van der Waals surface area contributed by atoms with Crippen LogP contribution in [0, 0.1) is 46.3 Å². The van der Waals surface area contributed by atoms with Crippen LogP contribution in [0.25, 0.3) is 0 Å². The number of rotatable bonds is 2. The predicted molar refractivity (Wildman–Crippen MR) is 143 cm³/mol. The van der Waals surface area contributed by atoms with E-state index in [1.54, 1.807) is 5.57 Å². The maximum atomic E-state index is 13.4. The summed E-state index contributed by atoms with van der Waals surface area (Å²) in [6, 6.07) is 0. The van der Waals surface area contributed by atoms with Crippen LogP contribution in [0.1, 0.15) is 85.0 Å². The first kappa shape index (κ1) is 28.6. The van der Waals surface area contributed by atoms with Gasteiger partial charge in [0.2, 0.25) is 0 Å². The van der Waals surface area contributed by atoms with E-state index in [-0.39, 0.29) is 68.8 Å². The number of ketones is 2. The molecule has 6 heteroatoms. The first-order chi connectivity index (χ1) is 16.6. The van der Waals surface area contributed by atoms with Gasteiger partial charge in [0, 0.05) is 17.8 Å². The SMILES string of the molecule is C/C=C1/CC2C=CC1C2.C[C@]12CC[C@@H](O)C[C@H]1CC[C@@H]1[C@@H]2C(=O)C[C@@]2(C)[C@H]1CC[C@]2(O)C(=O)CO.[PbH2]. The van der Waals surface area contributed by atoms with E-state index in [9.17, 15) is 24.9 Å². The molecule has 3 N–H and O–H groups in total.